The molecule has 0 aliphatic heterocycles. The molecule has 0 saturated carbocycles. The maximum Gasteiger partial charge on any atom is 0.135 e. The smallest absolute Gasteiger partial charge is 0.135 e. The molecule has 0 fully saturated rings. The fourth-order valence-electron chi connectivity index (χ4n) is 8.33. The van der Waals surface area contributed by atoms with Crippen LogP contribution >= 0.6 is 0 Å². The summed E-state index contributed by atoms with van der Waals surface area (Å²) in [4.78, 5) is 2.33. The summed E-state index contributed by atoms with van der Waals surface area (Å²) in [5.41, 5.74) is 13.5. The van der Waals surface area contributed by atoms with Crippen molar-refractivity contribution in [2.24, 2.45) is 0 Å². The van der Waals surface area contributed by atoms with E-state index >= 15 is 0 Å². The maximum atomic E-state index is 6.22. The number of anilines is 3. The second-order valence-corrected chi connectivity index (χ2v) is 14.6. The summed E-state index contributed by atoms with van der Waals surface area (Å²) in [5, 5.41) is 6.09. The molecule has 0 radical (unpaired) electrons. The van der Waals surface area contributed by atoms with Gasteiger partial charge in [0.1, 0.15) is 11.3 Å². The standard InChI is InChI=1S/C54H36N2O/c1-2-13-45(14-3-1)56-51-16-8-7-15-49(51)50-35-43(26-33-52(50)56)39-22-29-47(30-23-39)55(48-31-24-40(25-32-48)54-36-44-12-6-9-17-53(44)57-54)46-27-20-38(21-28-46)42-19-18-37-10-4-5-11-41(37)34-42/h1-36H. The zero-order valence-electron chi connectivity index (χ0n) is 31.1. The molecule has 2 heterocycles. The Morgan fingerprint density at radius 2 is 0.860 bits per heavy atom. The molecule has 9 aromatic carbocycles. The van der Waals surface area contributed by atoms with E-state index in [-0.39, 0.29) is 0 Å². The molecule has 0 N–H and O–H groups in total. The van der Waals surface area contributed by atoms with Crippen LogP contribution in [0.25, 0.3) is 82.8 Å². The Kier molecular flexibility index (Phi) is 7.82. The molecule has 0 bridgehead atoms. The number of fused-ring (bicyclic) bond motifs is 5. The van der Waals surface area contributed by atoms with Gasteiger partial charge in [0.05, 0.1) is 11.0 Å². The largest absolute Gasteiger partial charge is 0.456 e. The molecule has 0 unspecified atom stereocenters. The number of para-hydroxylation sites is 3. The third kappa shape index (κ3) is 5.85. The molecule has 57 heavy (non-hydrogen) atoms. The molecule has 3 heteroatoms. The second-order valence-electron chi connectivity index (χ2n) is 14.6. The Bertz CT molecular complexity index is 3180. The van der Waals surface area contributed by atoms with Crippen LogP contribution in [0.4, 0.5) is 17.1 Å². The molecule has 0 atom stereocenters. The first kappa shape index (κ1) is 32.8. The van der Waals surface area contributed by atoms with E-state index in [4.69, 9.17) is 4.42 Å². The van der Waals surface area contributed by atoms with Gasteiger partial charge in [-0.05, 0) is 130 Å². The van der Waals surface area contributed by atoms with Gasteiger partial charge in [0.15, 0.2) is 0 Å². The van der Waals surface area contributed by atoms with Crippen LogP contribution in [0.3, 0.4) is 0 Å². The average Bonchev–Trinajstić information content (AvgIpc) is 3.87. The molecule has 0 saturated heterocycles. The van der Waals surface area contributed by atoms with Crippen molar-refractivity contribution in [1.82, 2.24) is 4.57 Å². The SMILES string of the molecule is c1ccc(-n2c3ccccc3c3cc(-c4ccc(N(c5ccc(-c6ccc7ccccc7c6)cc5)c5ccc(-c6cc7ccccc7o6)cc5)cc4)ccc32)cc1. The molecule has 0 amide bonds. The van der Waals surface area contributed by atoms with Crippen LogP contribution in [0, 0.1) is 0 Å². The Morgan fingerprint density at radius 3 is 1.56 bits per heavy atom. The zero-order valence-corrected chi connectivity index (χ0v) is 31.1. The molecule has 268 valence electrons. The fourth-order valence-corrected chi connectivity index (χ4v) is 8.33. The first-order valence-corrected chi connectivity index (χ1v) is 19.4. The summed E-state index contributed by atoms with van der Waals surface area (Å²) in [6.07, 6.45) is 0. The molecular formula is C54H36N2O. The van der Waals surface area contributed by atoms with Gasteiger partial charge in [-0.2, -0.15) is 0 Å². The third-order valence-corrected chi connectivity index (χ3v) is 11.2. The van der Waals surface area contributed by atoms with E-state index in [9.17, 15) is 0 Å². The summed E-state index contributed by atoms with van der Waals surface area (Å²) in [7, 11) is 0. The Morgan fingerprint density at radius 1 is 0.333 bits per heavy atom. The van der Waals surface area contributed by atoms with Crippen LogP contribution in [0.5, 0.6) is 0 Å². The van der Waals surface area contributed by atoms with Crippen LogP contribution in [-0.2, 0) is 0 Å². The van der Waals surface area contributed by atoms with Gasteiger partial charge >= 0.3 is 0 Å². The lowest BCUT2D eigenvalue weighted by Gasteiger charge is -2.26. The van der Waals surface area contributed by atoms with Crippen LogP contribution in [0.1, 0.15) is 0 Å². The summed E-state index contributed by atoms with van der Waals surface area (Å²) in [5.74, 6) is 0.863. The van der Waals surface area contributed by atoms with Gasteiger partial charge in [-0.1, -0.05) is 121 Å². The summed E-state index contributed by atoms with van der Waals surface area (Å²) in [6, 6.07) is 78.2. The molecule has 11 aromatic rings. The van der Waals surface area contributed by atoms with E-state index in [1.54, 1.807) is 0 Å². The summed E-state index contributed by atoms with van der Waals surface area (Å²) >= 11 is 0. The van der Waals surface area contributed by atoms with Gasteiger partial charge in [-0.3, -0.25) is 0 Å². The number of hydrogen-bond acceptors (Lipinski definition) is 2. The van der Waals surface area contributed by atoms with Gasteiger partial charge < -0.3 is 13.9 Å². The van der Waals surface area contributed by atoms with Crippen molar-refractivity contribution in [2.45, 2.75) is 0 Å². The van der Waals surface area contributed by atoms with E-state index in [1.807, 2.05) is 18.2 Å². The van der Waals surface area contributed by atoms with Crippen molar-refractivity contribution in [3.05, 3.63) is 218 Å². The quantitative estimate of drug-likeness (QED) is 0.163. The van der Waals surface area contributed by atoms with Crippen molar-refractivity contribution < 1.29 is 4.42 Å². The molecule has 0 aliphatic carbocycles. The predicted octanol–water partition coefficient (Wildman–Crippen LogP) is 15.2. The lowest BCUT2D eigenvalue weighted by atomic mass is 10.0. The van der Waals surface area contributed by atoms with Crippen LogP contribution in [-0.4, -0.2) is 4.57 Å². The molecule has 2 aromatic heterocycles. The highest BCUT2D eigenvalue weighted by molar-refractivity contribution is 6.10. The minimum absolute atomic E-state index is 0.863. The van der Waals surface area contributed by atoms with Crippen LogP contribution < -0.4 is 4.90 Å². The van der Waals surface area contributed by atoms with Gasteiger partial charge in [0.25, 0.3) is 0 Å². The number of hydrogen-bond donors (Lipinski definition) is 0. The summed E-state index contributed by atoms with van der Waals surface area (Å²) < 4.78 is 8.58. The number of aromatic nitrogens is 1. The van der Waals surface area contributed by atoms with Gasteiger partial charge in [-0.15, -0.1) is 0 Å². The van der Waals surface area contributed by atoms with Crippen molar-refractivity contribution in [3.63, 3.8) is 0 Å². The second kappa shape index (κ2) is 13.6. The van der Waals surface area contributed by atoms with Gasteiger partial charge in [0.2, 0.25) is 0 Å². The van der Waals surface area contributed by atoms with Gasteiger partial charge in [-0.25, -0.2) is 0 Å². The van der Waals surface area contributed by atoms with Crippen molar-refractivity contribution >= 4 is 60.6 Å². The molecular weight excluding hydrogens is 693 g/mol. The maximum absolute atomic E-state index is 6.22. The van der Waals surface area contributed by atoms with Gasteiger partial charge in [0, 0.05) is 44.5 Å². The molecule has 0 spiro atoms. The van der Waals surface area contributed by atoms with Crippen molar-refractivity contribution in [2.75, 3.05) is 4.90 Å². The number of nitrogens with zero attached hydrogens (tertiary/aromatic N) is 2. The average molecular weight is 729 g/mol. The van der Waals surface area contributed by atoms with E-state index < -0.39 is 0 Å². The zero-order chi connectivity index (χ0) is 37.7. The van der Waals surface area contributed by atoms with Crippen molar-refractivity contribution in [1.29, 1.82) is 0 Å². The minimum Gasteiger partial charge on any atom is -0.456 e. The minimum atomic E-state index is 0.863. The monoisotopic (exact) mass is 728 g/mol. The highest BCUT2D eigenvalue weighted by Gasteiger charge is 2.16. The molecule has 11 rings (SSSR count). The lowest BCUT2D eigenvalue weighted by molar-refractivity contribution is 0.631. The normalized spacial score (nSPS) is 11.5. The first-order chi connectivity index (χ1) is 28.2. The van der Waals surface area contributed by atoms with E-state index in [0.717, 1.165) is 45.0 Å². The van der Waals surface area contributed by atoms with Crippen LogP contribution in [0.2, 0.25) is 0 Å². The Balaban J connectivity index is 0.971. The molecule has 0 aliphatic rings. The number of benzene rings is 9. The van der Waals surface area contributed by atoms with E-state index in [0.29, 0.717) is 0 Å². The van der Waals surface area contributed by atoms with E-state index in [1.165, 1.54) is 54.8 Å². The first-order valence-electron chi connectivity index (χ1n) is 19.4. The molecule has 3 nitrogen and oxygen atoms in total. The summed E-state index contributed by atoms with van der Waals surface area (Å²) in [6.45, 7) is 0. The van der Waals surface area contributed by atoms with Crippen molar-refractivity contribution in [3.8, 4) is 39.3 Å². The topological polar surface area (TPSA) is 21.3 Å². The lowest BCUT2D eigenvalue weighted by Crippen LogP contribution is -2.09. The highest BCUT2D eigenvalue weighted by atomic mass is 16.3. The predicted molar refractivity (Wildman–Crippen MR) is 239 cm³/mol. The van der Waals surface area contributed by atoms with Crippen LogP contribution in [0.15, 0.2) is 223 Å². The number of rotatable bonds is 7. The van der Waals surface area contributed by atoms with E-state index in [2.05, 4.69) is 210 Å². The fraction of sp³-hybridized carbons (Fsp3) is 0. The third-order valence-electron chi connectivity index (χ3n) is 11.2. The Labute approximate surface area is 330 Å². The highest BCUT2D eigenvalue weighted by Crippen LogP contribution is 2.40. The number of furan rings is 1. The Hall–Kier alpha value is -7.62.